The largest absolute Gasteiger partial charge is 0.455 e. The monoisotopic (exact) mass is 733 g/mol. The maximum absolute atomic E-state index is 7.00. The SMILES string of the molecule is CC1(C)c2ccccc2-c2ccc(N(c3ccc4oc5c(-c6cccc7c6sc6ccccc67)c6ccccc6cc5c4c3)c3cccc4ccccc34)cc21. The van der Waals surface area contributed by atoms with Crippen molar-refractivity contribution in [3.8, 4) is 22.3 Å². The van der Waals surface area contributed by atoms with Crippen LogP contribution >= 0.6 is 11.3 Å². The molecule has 0 aliphatic heterocycles. The zero-order chi connectivity index (χ0) is 37.1. The third kappa shape index (κ3) is 4.43. The zero-order valence-corrected chi connectivity index (χ0v) is 31.8. The first-order valence-electron chi connectivity index (χ1n) is 19.3. The molecule has 56 heavy (non-hydrogen) atoms. The van der Waals surface area contributed by atoms with E-state index >= 15 is 0 Å². The number of rotatable bonds is 4. The van der Waals surface area contributed by atoms with Crippen molar-refractivity contribution >= 4 is 92.1 Å². The second-order valence-electron chi connectivity index (χ2n) is 15.6. The molecule has 0 saturated carbocycles. The van der Waals surface area contributed by atoms with Crippen molar-refractivity contribution in [3.05, 3.63) is 187 Å². The number of thiophene rings is 1. The van der Waals surface area contributed by atoms with Crippen LogP contribution in [-0.2, 0) is 5.41 Å². The van der Waals surface area contributed by atoms with Crippen LogP contribution in [0.5, 0.6) is 0 Å². The van der Waals surface area contributed by atoms with Gasteiger partial charge in [0, 0.05) is 64.2 Å². The van der Waals surface area contributed by atoms with E-state index in [4.69, 9.17) is 4.42 Å². The molecule has 0 unspecified atom stereocenters. The summed E-state index contributed by atoms with van der Waals surface area (Å²) in [7, 11) is 0. The molecular formula is C53H35NOS. The Kier molecular flexibility index (Phi) is 6.59. The molecule has 2 aromatic heterocycles. The molecule has 0 N–H and O–H groups in total. The Hall–Kier alpha value is -6.68. The molecule has 1 aliphatic rings. The van der Waals surface area contributed by atoms with Gasteiger partial charge in [-0.3, -0.25) is 0 Å². The third-order valence-electron chi connectivity index (χ3n) is 12.2. The van der Waals surface area contributed by atoms with Gasteiger partial charge in [0.1, 0.15) is 11.2 Å². The minimum Gasteiger partial charge on any atom is -0.455 e. The van der Waals surface area contributed by atoms with E-state index in [1.54, 1.807) is 0 Å². The van der Waals surface area contributed by atoms with E-state index in [1.165, 1.54) is 69.5 Å². The second-order valence-corrected chi connectivity index (χ2v) is 16.7. The summed E-state index contributed by atoms with van der Waals surface area (Å²) in [5, 5.41) is 9.63. The lowest BCUT2D eigenvalue weighted by atomic mass is 9.82. The summed E-state index contributed by atoms with van der Waals surface area (Å²) in [5.41, 5.74) is 12.8. The van der Waals surface area contributed by atoms with Crippen LogP contribution in [0.4, 0.5) is 17.1 Å². The molecule has 0 spiro atoms. The highest BCUT2D eigenvalue weighted by Gasteiger charge is 2.36. The third-order valence-corrected chi connectivity index (χ3v) is 13.5. The fraction of sp³-hybridized carbons (Fsp3) is 0.0566. The molecule has 9 aromatic carbocycles. The molecule has 3 heteroatoms. The molecule has 11 aromatic rings. The van der Waals surface area contributed by atoms with Crippen LogP contribution in [0, 0.1) is 0 Å². The Morgan fingerprint density at radius 3 is 2.04 bits per heavy atom. The average Bonchev–Trinajstić information content (AvgIpc) is 3.88. The fourth-order valence-corrected chi connectivity index (χ4v) is 10.8. The summed E-state index contributed by atoms with van der Waals surface area (Å²) >= 11 is 1.87. The van der Waals surface area contributed by atoms with Gasteiger partial charge in [-0.05, 0) is 86.9 Å². The molecule has 0 bridgehead atoms. The van der Waals surface area contributed by atoms with Crippen molar-refractivity contribution in [1.29, 1.82) is 0 Å². The van der Waals surface area contributed by atoms with E-state index in [-0.39, 0.29) is 5.41 Å². The Labute approximate surface area is 328 Å². The minimum atomic E-state index is -0.119. The molecule has 1 aliphatic carbocycles. The normalized spacial score (nSPS) is 13.3. The number of hydrogen-bond donors (Lipinski definition) is 0. The molecule has 0 fully saturated rings. The van der Waals surface area contributed by atoms with Gasteiger partial charge < -0.3 is 9.32 Å². The first-order chi connectivity index (χ1) is 27.5. The lowest BCUT2D eigenvalue weighted by molar-refractivity contribution is 0.660. The van der Waals surface area contributed by atoms with Crippen molar-refractivity contribution in [3.63, 3.8) is 0 Å². The fourth-order valence-electron chi connectivity index (χ4n) is 9.57. The van der Waals surface area contributed by atoms with Crippen LogP contribution in [0.3, 0.4) is 0 Å². The van der Waals surface area contributed by atoms with Crippen LogP contribution in [0.25, 0.3) is 85.9 Å². The number of nitrogens with zero attached hydrogens (tertiary/aromatic N) is 1. The molecule has 2 nitrogen and oxygen atoms in total. The van der Waals surface area contributed by atoms with Crippen molar-refractivity contribution in [1.82, 2.24) is 0 Å². The van der Waals surface area contributed by atoms with Crippen molar-refractivity contribution < 1.29 is 4.42 Å². The Balaban J connectivity index is 1.12. The van der Waals surface area contributed by atoms with Crippen LogP contribution in [0.15, 0.2) is 180 Å². The molecule has 0 atom stereocenters. The Morgan fingerprint density at radius 2 is 1.12 bits per heavy atom. The van der Waals surface area contributed by atoms with Crippen LogP contribution in [0.2, 0.25) is 0 Å². The molecule has 264 valence electrons. The summed E-state index contributed by atoms with van der Waals surface area (Å²) in [6.45, 7) is 4.71. The number of benzene rings is 9. The lowest BCUT2D eigenvalue weighted by Gasteiger charge is -2.29. The van der Waals surface area contributed by atoms with E-state index in [2.05, 4.69) is 195 Å². The maximum atomic E-state index is 7.00. The standard InChI is InChI=1S/C53H35NOS/c1-53(2)45-22-9-7-18-38(45)39-27-25-35(31-46(39)53)54(47-23-11-15-32-13-3-5-16-36(32)47)34-26-28-48-43(30-34)44-29-33-14-4-6-17-37(33)50(51(44)55-48)42-21-12-20-41-40-19-8-10-24-49(40)56-52(41)42/h3-31H,1-2H3. The van der Waals surface area contributed by atoms with E-state index in [1.807, 2.05) is 11.3 Å². The van der Waals surface area contributed by atoms with Gasteiger partial charge in [-0.25, -0.2) is 0 Å². The van der Waals surface area contributed by atoms with Gasteiger partial charge in [-0.2, -0.15) is 0 Å². The van der Waals surface area contributed by atoms with Crippen molar-refractivity contribution in [2.24, 2.45) is 0 Å². The van der Waals surface area contributed by atoms with Gasteiger partial charge in [0.05, 0.1) is 5.69 Å². The second kappa shape index (κ2) is 11.7. The van der Waals surface area contributed by atoms with Gasteiger partial charge in [0.2, 0.25) is 0 Å². The van der Waals surface area contributed by atoms with Gasteiger partial charge in [0.15, 0.2) is 0 Å². The first kappa shape index (κ1) is 31.6. The summed E-state index contributed by atoms with van der Waals surface area (Å²) in [4.78, 5) is 2.44. The van der Waals surface area contributed by atoms with Gasteiger partial charge >= 0.3 is 0 Å². The zero-order valence-electron chi connectivity index (χ0n) is 31.0. The smallest absolute Gasteiger partial charge is 0.143 e. The summed E-state index contributed by atoms with van der Waals surface area (Å²) in [6, 6.07) is 64.6. The van der Waals surface area contributed by atoms with E-state index in [9.17, 15) is 0 Å². The van der Waals surface area contributed by atoms with Gasteiger partial charge in [-0.1, -0.05) is 141 Å². The first-order valence-corrected chi connectivity index (χ1v) is 20.2. The number of furan rings is 1. The summed E-state index contributed by atoms with van der Waals surface area (Å²) in [5.74, 6) is 0. The minimum absolute atomic E-state index is 0.119. The lowest BCUT2D eigenvalue weighted by Crippen LogP contribution is -2.16. The van der Waals surface area contributed by atoms with E-state index < -0.39 is 0 Å². The van der Waals surface area contributed by atoms with E-state index in [0.717, 1.165) is 44.6 Å². The van der Waals surface area contributed by atoms with Crippen LogP contribution in [-0.4, -0.2) is 0 Å². The average molecular weight is 734 g/mol. The molecule has 0 amide bonds. The molecule has 2 heterocycles. The summed E-state index contributed by atoms with van der Waals surface area (Å²) < 4.78 is 9.58. The molecular weight excluding hydrogens is 699 g/mol. The molecule has 0 radical (unpaired) electrons. The number of hydrogen-bond acceptors (Lipinski definition) is 3. The Bertz CT molecular complexity index is 3410. The highest BCUT2D eigenvalue weighted by atomic mass is 32.1. The van der Waals surface area contributed by atoms with Crippen LogP contribution in [0.1, 0.15) is 25.0 Å². The number of anilines is 3. The molecule has 12 rings (SSSR count). The van der Waals surface area contributed by atoms with Crippen molar-refractivity contribution in [2.75, 3.05) is 4.90 Å². The van der Waals surface area contributed by atoms with Crippen molar-refractivity contribution in [2.45, 2.75) is 19.3 Å². The quantitative estimate of drug-likeness (QED) is 0.179. The highest BCUT2D eigenvalue weighted by molar-refractivity contribution is 7.26. The Morgan fingerprint density at radius 1 is 0.464 bits per heavy atom. The topological polar surface area (TPSA) is 16.4 Å². The summed E-state index contributed by atoms with van der Waals surface area (Å²) in [6.07, 6.45) is 0. The number of fused-ring (bicyclic) bond motifs is 11. The molecule has 0 saturated heterocycles. The van der Waals surface area contributed by atoms with E-state index in [0.29, 0.717) is 0 Å². The van der Waals surface area contributed by atoms with Crippen LogP contribution < -0.4 is 4.90 Å². The predicted octanol–water partition coefficient (Wildman–Crippen LogP) is 15.7. The predicted molar refractivity (Wildman–Crippen MR) is 239 cm³/mol. The highest BCUT2D eigenvalue weighted by Crippen LogP contribution is 2.52. The van der Waals surface area contributed by atoms with Gasteiger partial charge in [0.25, 0.3) is 0 Å². The van der Waals surface area contributed by atoms with Gasteiger partial charge in [-0.15, -0.1) is 11.3 Å². The maximum Gasteiger partial charge on any atom is 0.143 e.